The molecule has 5 nitrogen and oxygen atoms in total. The summed E-state index contributed by atoms with van der Waals surface area (Å²) in [5, 5.41) is 10.8. The monoisotopic (exact) mass is 361 g/mol. The van der Waals surface area contributed by atoms with Crippen LogP contribution in [0.3, 0.4) is 0 Å². The smallest absolute Gasteiger partial charge is 0.244 e. The second kappa shape index (κ2) is 6.78. The lowest BCUT2D eigenvalue weighted by atomic mass is 10.0. The van der Waals surface area contributed by atoms with Gasteiger partial charge in [0.1, 0.15) is 10.6 Å². The number of benzene rings is 2. The van der Waals surface area contributed by atoms with Gasteiger partial charge in [-0.1, -0.05) is 30.3 Å². The lowest BCUT2D eigenvalue weighted by molar-refractivity contribution is 0.0567. The molecule has 3 rings (SSSR count). The zero-order chi connectivity index (χ0) is 18.1. The number of ether oxygens (including phenoxy) is 1. The zero-order valence-electron chi connectivity index (χ0n) is 14.5. The highest BCUT2D eigenvalue weighted by Crippen LogP contribution is 2.30. The predicted molar refractivity (Wildman–Crippen MR) is 96.3 cm³/mol. The van der Waals surface area contributed by atoms with Crippen LogP contribution < -0.4 is 9.46 Å². The number of fused-ring (bicyclic) bond motifs is 1. The van der Waals surface area contributed by atoms with Gasteiger partial charge in [0.2, 0.25) is 10.0 Å². The molecule has 0 saturated carbocycles. The maximum atomic E-state index is 12.7. The van der Waals surface area contributed by atoms with Crippen LogP contribution in [-0.2, 0) is 22.9 Å². The Bertz CT molecular complexity index is 852. The Labute approximate surface area is 148 Å². The van der Waals surface area contributed by atoms with Gasteiger partial charge in [0.05, 0.1) is 12.2 Å². The summed E-state index contributed by atoms with van der Waals surface area (Å²) in [6.07, 6.45) is 0.885. The minimum absolute atomic E-state index is 0.0382. The van der Waals surface area contributed by atoms with Gasteiger partial charge in [-0.05, 0) is 42.7 Å². The summed E-state index contributed by atoms with van der Waals surface area (Å²) in [7, 11) is -3.78. The molecule has 0 heterocycles. The van der Waals surface area contributed by atoms with Crippen LogP contribution in [0.4, 0.5) is 0 Å². The van der Waals surface area contributed by atoms with Gasteiger partial charge in [0, 0.05) is 19.4 Å². The molecular weight excluding hydrogens is 338 g/mol. The van der Waals surface area contributed by atoms with E-state index in [1.807, 2.05) is 44.2 Å². The summed E-state index contributed by atoms with van der Waals surface area (Å²) < 4.78 is 33.5. The van der Waals surface area contributed by atoms with Crippen molar-refractivity contribution in [2.75, 3.05) is 13.2 Å². The molecule has 0 spiro atoms. The number of nitrogens with one attached hydrogen (secondary N) is 1. The maximum Gasteiger partial charge on any atom is 0.244 e. The molecule has 25 heavy (non-hydrogen) atoms. The van der Waals surface area contributed by atoms with E-state index in [0.29, 0.717) is 25.2 Å². The Balaban J connectivity index is 1.78. The van der Waals surface area contributed by atoms with E-state index >= 15 is 0 Å². The van der Waals surface area contributed by atoms with Gasteiger partial charge in [-0.2, -0.15) is 0 Å². The average molecular weight is 361 g/mol. The fourth-order valence-electron chi connectivity index (χ4n) is 3.21. The van der Waals surface area contributed by atoms with Crippen molar-refractivity contribution in [2.45, 2.75) is 37.2 Å². The molecule has 0 aliphatic heterocycles. The quantitative estimate of drug-likeness (QED) is 0.827. The first kappa shape index (κ1) is 17.9. The minimum atomic E-state index is -3.78. The summed E-state index contributed by atoms with van der Waals surface area (Å²) in [4.78, 5) is 0.105. The number of aliphatic hydroxyl groups is 1. The van der Waals surface area contributed by atoms with Crippen LogP contribution in [0.15, 0.2) is 47.4 Å². The zero-order valence-corrected chi connectivity index (χ0v) is 15.3. The van der Waals surface area contributed by atoms with Crippen molar-refractivity contribution in [1.82, 2.24) is 4.72 Å². The Hall–Kier alpha value is -1.89. The standard InChI is InChI=1S/C19H23NO4S/c1-3-24-17-9-8-14(2)10-18(17)25(22,23)20-13-19(21)11-15-6-4-5-7-16(15)12-19/h4-10,20-21H,3,11-13H2,1-2H3. The van der Waals surface area contributed by atoms with E-state index in [4.69, 9.17) is 4.74 Å². The van der Waals surface area contributed by atoms with Gasteiger partial charge >= 0.3 is 0 Å². The molecule has 0 bridgehead atoms. The molecule has 0 fully saturated rings. The maximum absolute atomic E-state index is 12.7. The topological polar surface area (TPSA) is 75.6 Å². The Morgan fingerprint density at radius 3 is 2.40 bits per heavy atom. The van der Waals surface area contributed by atoms with E-state index in [1.54, 1.807) is 12.1 Å². The highest BCUT2D eigenvalue weighted by atomic mass is 32.2. The Kier molecular flexibility index (Phi) is 4.86. The molecular formula is C19H23NO4S. The molecule has 0 unspecified atom stereocenters. The number of aryl methyl sites for hydroxylation is 1. The van der Waals surface area contributed by atoms with Crippen molar-refractivity contribution >= 4 is 10.0 Å². The largest absolute Gasteiger partial charge is 0.492 e. The van der Waals surface area contributed by atoms with E-state index in [9.17, 15) is 13.5 Å². The lowest BCUT2D eigenvalue weighted by Gasteiger charge is -2.23. The molecule has 0 amide bonds. The van der Waals surface area contributed by atoms with E-state index in [2.05, 4.69) is 4.72 Å². The van der Waals surface area contributed by atoms with Crippen molar-refractivity contribution < 1.29 is 18.3 Å². The van der Waals surface area contributed by atoms with Crippen molar-refractivity contribution in [2.24, 2.45) is 0 Å². The lowest BCUT2D eigenvalue weighted by Crippen LogP contribution is -2.43. The number of hydrogen-bond acceptors (Lipinski definition) is 4. The van der Waals surface area contributed by atoms with E-state index in [1.165, 1.54) is 0 Å². The molecule has 134 valence electrons. The van der Waals surface area contributed by atoms with Crippen molar-refractivity contribution in [3.05, 3.63) is 59.2 Å². The first-order valence-electron chi connectivity index (χ1n) is 8.35. The first-order chi connectivity index (χ1) is 11.8. The summed E-state index contributed by atoms with van der Waals surface area (Å²) >= 11 is 0. The van der Waals surface area contributed by atoms with Gasteiger partial charge in [-0.25, -0.2) is 13.1 Å². The molecule has 1 aliphatic carbocycles. The fourth-order valence-corrected chi connectivity index (χ4v) is 4.55. The summed E-state index contributed by atoms with van der Waals surface area (Å²) in [6.45, 7) is 3.98. The molecule has 6 heteroatoms. The Morgan fingerprint density at radius 1 is 1.16 bits per heavy atom. The third kappa shape index (κ3) is 3.86. The second-order valence-electron chi connectivity index (χ2n) is 6.55. The van der Waals surface area contributed by atoms with Crippen molar-refractivity contribution in [3.8, 4) is 5.75 Å². The SMILES string of the molecule is CCOc1ccc(C)cc1S(=O)(=O)NCC1(O)Cc2ccccc2C1. The van der Waals surface area contributed by atoms with E-state index in [-0.39, 0.29) is 11.4 Å². The summed E-state index contributed by atoms with van der Waals surface area (Å²) in [6, 6.07) is 12.8. The highest BCUT2D eigenvalue weighted by molar-refractivity contribution is 7.89. The van der Waals surface area contributed by atoms with Crippen LogP contribution in [-0.4, -0.2) is 32.3 Å². The minimum Gasteiger partial charge on any atom is -0.492 e. The predicted octanol–water partition coefficient (Wildman–Crippen LogP) is 2.20. The third-order valence-electron chi connectivity index (χ3n) is 4.44. The highest BCUT2D eigenvalue weighted by Gasteiger charge is 2.36. The van der Waals surface area contributed by atoms with Gasteiger partial charge in [0.25, 0.3) is 0 Å². The molecule has 0 radical (unpaired) electrons. The summed E-state index contributed by atoms with van der Waals surface area (Å²) in [5.41, 5.74) is 1.85. The molecule has 0 saturated heterocycles. The molecule has 0 atom stereocenters. The number of hydrogen-bond donors (Lipinski definition) is 2. The van der Waals surface area contributed by atoms with E-state index < -0.39 is 15.6 Å². The number of rotatable bonds is 6. The van der Waals surface area contributed by atoms with Crippen LogP contribution in [0.5, 0.6) is 5.75 Å². The number of sulfonamides is 1. The van der Waals surface area contributed by atoms with E-state index in [0.717, 1.165) is 16.7 Å². The van der Waals surface area contributed by atoms with Crippen LogP contribution in [0.25, 0.3) is 0 Å². The van der Waals surface area contributed by atoms with Gasteiger partial charge in [0.15, 0.2) is 0 Å². The van der Waals surface area contributed by atoms with Crippen LogP contribution in [0.2, 0.25) is 0 Å². The first-order valence-corrected chi connectivity index (χ1v) is 9.83. The molecule has 1 aliphatic rings. The third-order valence-corrected chi connectivity index (χ3v) is 5.86. The summed E-state index contributed by atoms with van der Waals surface area (Å²) in [5.74, 6) is 0.322. The average Bonchev–Trinajstić information content (AvgIpc) is 2.92. The molecule has 2 aromatic rings. The Morgan fingerprint density at radius 2 is 1.80 bits per heavy atom. The van der Waals surface area contributed by atoms with Gasteiger partial charge < -0.3 is 9.84 Å². The van der Waals surface area contributed by atoms with Crippen molar-refractivity contribution in [3.63, 3.8) is 0 Å². The van der Waals surface area contributed by atoms with Crippen LogP contribution in [0, 0.1) is 6.92 Å². The normalized spacial score (nSPS) is 15.8. The molecule has 2 N–H and O–H groups in total. The van der Waals surface area contributed by atoms with Gasteiger partial charge in [-0.3, -0.25) is 0 Å². The van der Waals surface area contributed by atoms with Crippen LogP contribution >= 0.6 is 0 Å². The van der Waals surface area contributed by atoms with Crippen LogP contribution in [0.1, 0.15) is 23.6 Å². The second-order valence-corrected chi connectivity index (χ2v) is 8.29. The molecule has 2 aromatic carbocycles. The van der Waals surface area contributed by atoms with Crippen molar-refractivity contribution in [1.29, 1.82) is 0 Å². The fraction of sp³-hybridized carbons (Fsp3) is 0.368. The van der Waals surface area contributed by atoms with Gasteiger partial charge in [-0.15, -0.1) is 0 Å². The molecule has 0 aromatic heterocycles.